The fraction of sp³-hybridized carbons (Fsp3) is 0.786. The van der Waals surface area contributed by atoms with Gasteiger partial charge in [0, 0.05) is 17.1 Å². The minimum atomic E-state index is 0.450. The number of nitrogens with zero attached hydrogens (tertiary/aromatic N) is 1. The molecule has 1 heterocycles. The fourth-order valence-electron chi connectivity index (χ4n) is 1.99. The average Bonchev–Trinajstić information content (AvgIpc) is 2.69. The Morgan fingerprint density at radius 3 is 2.59 bits per heavy atom. The van der Waals surface area contributed by atoms with Gasteiger partial charge < -0.3 is 5.32 Å². The van der Waals surface area contributed by atoms with Crippen molar-refractivity contribution in [3.05, 3.63) is 16.1 Å². The molecule has 17 heavy (non-hydrogen) atoms. The van der Waals surface area contributed by atoms with E-state index in [-0.39, 0.29) is 0 Å². The van der Waals surface area contributed by atoms with E-state index in [2.05, 4.69) is 43.4 Å². The lowest BCUT2D eigenvalue weighted by atomic mass is 10.1. The van der Waals surface area contributed by atoms with Crippen molar-refractivity contribution in [2.75, 3.05) is 0 Å². The third-order valence-electron chi connectivity index (χ3n) is 2.82. The Morgan fingerprint density at radius 2 is 2.06 bits per heavy atom. The number of unbranched alkanes of at least 4 members (excludes halogenated alkanes) is 3. The van der Waals surface area contributed by atoms with Gasteiger partial charge in [-0.15, -0.1) is 11.3 Å². The first-order valence-corrected chi connectivity index (χ1v) is 7.69. The molecule has 2 nitrogen and oxygen atoms in total. The number of hydrogen-bond acceptors (Lipinski definition) is 3. The van der Waals surface area contributed by atoms with Gasteiger partial charge >= 0.3 is 0 Å². The first-order chi connectivity index (χ1) is 8.13. The van der Waals surface area contributed by atoms with E-state index < -0.39 is 0 Å². The van der Waals surface area contributed by atoms with Gasteiger partial charge in [-0.2, -0.15) is 0 Å². The maximum absolute atomic E-state index is 4.62. The van der Waals surface area contributed by atoms with Gasteiger partial charge in [0.2, 0.25) is 0 Å². The summed E-state index contributed by atoms with van der Waals surface area (Å²) in [5.74, 6) is 0. The van der Waals surface area contributed by atoms with Crippen molar-refractivity contribution in [1.29, 1.82) is 0 Å². The van der Waals surface area contributed by atoms with E-state index in [9.17, 15) is 0 Å². The van der Waals surface area contributed by atoms with Crippen molar-refractivity contribution in [3.63, 3.8) is 0 Å². The molecule has 1 aromatic heterocycles. The first-order valence-electron chi connectivity index (χ1n) is 6.81. The van der Waals surface area contributed by atoms with Gasteiger partial charge in [0.05, 0.1) is 6.04 Å². The number of aryl methyl sites for hydroxylation is 1. The molecule has 0 bridgehead atoms. The number of thiazole rings is 1. The van der Waals surface area contributed by atoms with E-state index in [0.717, 1.165) is 5.69 Å². The van der Waals surface area contributed by atoms with E-state index in [4.69, 9.17) is 0 Å². The summed E-state index contributed by atoms with van der Waals surface area (Å²) in [6.45, 7) is 8.75. The van der Waals surface area contributed by atoms with Gasteiger partial charge in [-0.05, 0) is 13.3 Å². The Labute approximate surface area is 110 Å². The topological polar surface area (TPSA) is 24.9 Å². The van der Waals surface area contributed by atoms with Crippen molar-refractivity contribution in [1.82, 2.24) is 10.3 Å². The van der Waals surface area contributed by atoms with Gasteiger partial charge in [0.25, 0.3) is 0 Å². The van der Waals surface area contributed by atoms with Crippen LogP contribution in [-0.2, 0) is 0 Å². The van der Waals surface area contributed by atoms with Crippen LogP contribution in [0.5, 0.6) is 0 Å². The van der Waals surface area contributed by atoms with Gasteiger partial charge in [0.1, 0.15) is 5.01 Å². The molecule has 1 atom stereocenters. The summed E-state index contributed by atoms with van der Waals surface area (Å²) in [5, 5.41) is 7.04. The van der Waals surface area contributed by atoms with Crippen molar-refractivity contribution < 1.29 is 0 Å². The van der Waals surface area contributed by atoms with E-state index in [1.54, 1.807) is 11.3 Å². The SMILES string of the molecule is CCCCCCC(NC(C)C)c1nc(C)cs1. The van der Waals surface area contributed by atoms with Crippen molar-refractivity contribution >= 4 is 11.3 Å². The van der Waals surface area contributed by atoms with Gasteiger partial charge in [-0.3, -0.25) is 0 Å². The highest BCUT2D eigenvalue weighted by Gasteiger charge is 2.15. The zero-order chi connectivity index (χ0) is 12.7. The smallest absolute Gasteiger partial charge is 0.110 e. The largest absolute Gasteiger partial charge is 0.306 e. The normalized spacial score (nSPS) is 13.2. The van der Waals surface area contributed by atoms with Crippen LogP contribution in [0.3, 0.4) is 0 Å². The van der Waals surface area contributed by atoms with Crippen LogP contribution in [-0.4, -0.2) is 11.0 Å². The van der Waals surface area contributed by atoms with E-state index in [0.29, 0.717) is 12.1 Å². The zero-order valence-electron chi connectivity index (χ0n) is 11.6. The second-order valence-corrected chi connectivity index (χ2v) is 5.94. The summed E-state index contributed by atoms with van der Waals surface area (Å²) in [5.41, 5.74) is 1.15. The minimum absolute atomic E-state index is 0.450. The summed E-state index contributed by atoms with van der Waals surface area (Å²) < 4.78 is 0. The molecule has 0 aliphatic carbocycles. The van der Waals surface area contributed by atoms with Crippen LogP contribution >= 0.6 is 11.3 Å². The summed E-state index contributed by atoms with van der Waals surface area (Å²) >= 11 is 1.79. The van der Waals surface area contributed by atoms with E-state index >= 15 is 0 Å². The molecule has 1 unspecified atom stereocenters. The molecule has 0 spiro atoms. The standard InChI is InChI=1S/C14H26N2S/c1-5-6-7-8-9-13(15-11(2)3)14-16-12(4)10-17-14/h10-11,13,15H,5-9H2,1-4H3. The highest BCUT2D eigenvalue weighted by atomic mass is 32.1. The summed E-state index contributed by atoms with van der Waals surface area (Å²) in [4.78, 5) is 4.62. The van der Waals surface area contributed by atoms with E-state index in [1.807, 2.05) is 0 Å². The molecule has 1 rings (SSSR count). The molecular weight excluding hydrogens is 228 g/mol. The lowest BCUT2D eigenvalue weighted by molar-refractivity contribution is 0.431. The molecule has 0 aliphatic heterocycles. The molecule has 3 heteroatoms. The molecule has 0 saturated carbocycles. The van der Waals surface area contributed by atoms with Crippen molar-refractivity contribution in [2.24, 2.45) is 0 Å². The Bertz CT molecular complexity index is 307. The predicted molar refractivity (Wildman–Crippen MR) is 76.6 cm³/mol. The Kier molecular flexibility index (Phi) is 6.75. The van der Waals surface area contributed by atoms with Gasteiger partial charge in [-0.25, -0.2) is 4.98 Å². The maximum atomic E-state index is 4.62. The van der Waals surface area contributed by atoms with Gasteiger partial charge in [-0.1, -0.05) is 46.5 Å². The molecule has 0 fully saturated rings. The molecule has 0 aliphatic rings. The monoisotopic (exact) mass is 254 g/mol. The zero-order valence-corrected chi connectivity index (χ0v) is 12.4. The second kappa shape index (κ2) is 7.83. The van der Waals surface area contributed by atoms with Gasteiger partial charge in [0.15, 0.2) is 0 Å². The van der Waals surface area contributed by atoms with Crippen LogP contribution in [0.4, 0.5) is 0 Å². The number of rotatable bonds is 8. The lowest BCUT2D eigenvalue weighted by Crippen LogP contribution is -2.28. The van der Waals surface area contributed by atoms with Crippen LogP contribution in [0.15, 0.2) is 5.38 Å². The molecule has 0 radical (unpaired) electrons. The molecule has 0 amide bonds. The van der Waals surface area contributed by atoms with Crippen LogP contribution in [0.1, 0.15) is 69.6 Å². The van der Waals surface area contributed by atoms with Crippen molar-refractivity contribution in [2.45, 2.75) is 71.9 Å². The molecular formula is C14H26N2S. The average molecular weight is 254 g/mol. The van der Waals surface area contributed by atoms with Crippen LogP contribution in [0, 0.1) is 6.92 Å². The number of hydrogen-bond donors (Lipinski definition) is 1. The third kappa shape index (κ3) is 5.64. The molecule has 1 aromatic rings. The summed E-state index contributed by atoms with van der Waals surface area (Å²) in [6.07, 6.45) is 6.52. The molecule has 1 N–H and O–H groups in total. The first kappa shape index (κ1) is 14.7. The minimum Gasteiger partial charge on any atom is -0.306 e. The van der Waals surface area contributed by atoms with E-state index in [1.165, 1.54) is 37.1 Å². The van der Waals surface area contributed by atoms with Crippen molar-refractivity contribution in [3.8, 4) is 0 Å². The fourth-order valence-corrected chi connectivity index (χ4v) is 2.88. The maximum Gasteiger partial charge on any atom is 0.110 e. The molecule has 98 valence electrons. The predicted octanol–water partition coefficient (Wildman–Crippen LogP) is 4.46. The second-order valence-electron chi connectivity index (χ2n) is 5.05. The quantitative estimate of drug-likeness (QED) is 0.693. The van der Waals surface area contributed by atoms with Crippen LogP contribution in [0.25, 0.3) is 0 Å². The number of aromatic nitrogens is 1. The Morgan fingerprint density at radius 1 is 1.29 bits per heavy atom. The lowest BCUT2D eigenvalue weighted by Gasteiger charge is -2.19. The van der Waals surface area contributed by atoms with Crippen LogP contribution in [0.2, 0.25) is 0 Å². The Hall–Kier alpha value is -0.410. The third-order valence-corrected chi connectivity index (χ3v) is 3.89. The summed E-state index contributed by atoms with van der Waals surface area (Å²) in [6, 6.07) is 0.973. The Balaban J connectivity index is 2.48. The molecule has 0 aromatic carbocycles. The van der Waals surface area contributed by atoms with Crippen LogP contribution < -0.4 is 5.32 Å². The summed E-state index contributed by atoms with van der Waals surface area (Å²) in [7, 11) is 0. The highest BCUT2D eigenvalue weighted by Crippen LogP contribution is 2.24. The number of nitrogens with one attached hydrogen (secondary N) is 1. The highest BCUT2D eigenvalue weighted by molar-refractivity contribution is 7.09. The molecule has 0 saturated heterocycles.